The number of methoxy groups -OCH3 is 1. The van der Waals surface area contributed by atoms with Crippen LogP contribution in [0.3, 0.4) is 0 Å². The Morgan fingerprint density at radius 1 is 1.10 bits per heavy atom. The van der Waals surface area contributed by atoms with Gasteiger partial charge in [-0.2, -0.15) is 0 Å². The quantitative estimate of drug-likeness (QED) is 0.561. The van der Waals surface area contributed by atoms with Gasteiger partial charge in [0.2, 0.25) is 5.91 Å². The summed E-state index contributed by atoms with van der Waals surface area (Å²) in [5.74, 6) is -1.28. The number of amides is 4. The molecular formula is C21H27N3O5S. The van der Waals surface area contributed by atoms with Crippen molar-refractivity contribution < 1.29 is 23.9 Å². The van der Waals surface area contributed by atoms with Crippen molar-refractivity contribution in [3.63, 3.8) is 0 Å². The minimum absolute atomic E-state index is 0.316. The average molecular weight is 434 g/mol. The van der Waals surface area contributed by atoms with Crippen molar-refractivity contribution in [2.24, 2.45) is 0 Å². The minimum atomic E-state index is -0.868. The maximum absolute atomic E-state index is 13.0. The summed E-state index contributed by atoms with van der Waals surface area (Å²) in [6.07, 6.45) is 8.77. The first-order valence-corrected chi connectivity index (χ1v) is 11.4. The van der Waals surface area contributed by atoms with Crippen LogP contribution < -0.4 is 10.6 Å². The second-order valence-corrected chi connectivity index (χ2v) is 9.38. The van der Waals surface area contributed by atoms with E-state index < -0.39 is 23.4 Å². The fourth-order valence-corrected chi connectivity index (χ4v) is 6.07. The zero-order valence-corrected chi connectivity index (χ0v) is 18.0. The van der Waals surface area contributed by atoms with Crippen molar-refractivity contribution in [1.82, 2.24) is 10.2 Å². The van der Waals surface area contributed by atoms with Gasteiger partial charge in [-0.25, -0.2) is 9.59 Å². The average Bonchev–Trinajstić information content (AvgIpc) is 3.06. The molecular weight excluding hydrogens is 406 g/mol. The lowest BCUT2D eigenvalue weighted by Gasteiger charge is -2.24. The summed E-state index contributed by atoms with van der Waals surface area (Å²) in [7, 11) is 1.32. The molecule has 0 bridgehead atoms. The molecule has 162 valence electrons. The molecule has 0 unspecified atom stereocenters. The Labute approximate surface area is 179 Å². The first-order chi connectivity index (χ1) is 14.4. The maximum Gasteiger partial charge on any atom is 0.341 e. The Hall–Kier alpha value is -2.42. The van der Waals surface area contributed by atoms with E-state index >= 15 is 0 Å². The Bertz CT molecular complexity index is 885. The Morgan fingerprint density at radius 2 is 1.80 bits per heavy atom. The number of aryl methyl sites for hydroxylation is 1. The van der Waals surface area contributed by atoms with Crippen molar-refractivity contribution in [2.75, 3.05) is 19.0 Å². The van der Waals surface area contributed by atoms with Gasteiger partial charge in [-0.05, 0) is 44.1 Å². The molecule has 8 nitrogen and oxygen atoms in total. The lowest BCUT2D eigenvalue weighted by atomic mass is 9.90. The Balaban J connectivity index is 1.50. The molecule has 1 aliphatic heterocycles. The summed E-state index contributed by atoms with van der Waals surface area (Å²) >= 11 is 1.38. The highest BCUT2D eigenvalue weighted by atomic mass is 32.1. The molecule has 1 saturated heterocycles. The number of imide groups is 1. The van der Waals surface area contributed by atoms with E-state index in [2.05, 4.69) is 10.6 Å². The second kappa shape index (κ2) is 8.37. The van der Waals surface area contributed by atoms with Gasteiger partial charge in [0.25, 0.3) is 5.91 Å². The smallest absolute Gasteiger partial charge is 0.341 e. The summed E-state index contributed by atoms with van der Waals surface area (Å²) in [6.45, 7) is -0.365. The van der Waals surface area contributed by atoms with E-state index in [1.165, 1.54) is 18.4 Å². The van der Waals surface area contributed by atoms with Crippen LogP contribution in [0, 0.1) is 0 Å². The number of urea groups is 1. The van der Waals surface area contributed by atoms with Crippen LogP contribution in [-0.2, 0) is 27.2 Å². The van der Waals surface area contributed by atoms with Gasteiger partial charge in [-0.3, -0.25) is 14.5 Å². The van der Waals surface area contributed by atoms with E-state index in [1.54, 1.807) is 0 Å². The third kappa shape index (κ3) is 3.71. The molecule has 2 aliphatic carbocycles. The first kappa shape index (κ1) is 20.8. The number of anilines is 1. The maximum atomic E-state index is 13.0. The number of fused-ring (bicyclic) bond motifs is 1. The van der Waals surface area contributed by atoms with Gasteiger partial charge in [0.05, 0.1) is 12.7 Å². The van der Waals surface area contributed by atoms with Crippen molar-refractivity contribution in [1.29, 1.82) is 0 Å². The molecule has 4 rings (SSSR count). The van der Waals surface area contributed by atoms with Crippen LogP contribution in [0.1, 0.15) is 72.2 Å². The summed E-state index contributed by atoms with van der Waals surface area (Å²) in [4.78, 5) is 52.7. The molecule has 9 heteroatoms. The van der Waals surface area contributed by atoms with Gasteiger partial charge in [0, 0.05) is 4.88 Å². The summed E-state index contributed by atoms with van der Waals surface area (Å²) in [6, 6.07) is -0.518. The number of rotatable bonds is 4. The minimum Gasteiger partial charge on any atom is -0.465 e. The Morgan fingerprint density at radius 3 is 2.50 bits per heavy atom. The zero-order chi connectivity index (χ0) is 21.3. The molecule has 1 spiro atoms. The molecule has 2 heterocycles. The Kier molecular flexibility index (Phi) is 5.81. The molecule has 1 saturated carbocycles. The number of esters is 1. The first-order valence-electron chi connectivity index (χ1n) is 10.6. The highest BCUT2D eigenvalue weighted by Crippen LogP contribution is 2.39. The molecule has 0 radical (unpaired) electrons. The van der Waals surface area contributed by atoms with Crippen LogP contribution in [0.25, 0.3) is 0 Å². The lowest BCUT2D eigenvalue weighted by Crippen LogP contribution is -2.47. The van der Waals surface area contributed by atoms with Crippen LogP contribution in [0.2, 0.25) is 0 Å². The largest absolute Gasteiger partial charge is 0.465 e. The fraction of sp³-hybridized carbons (Fsp3) is 0.619. The molecule has 30 heavy (non-hydrogen) atoms. The monoisotopic (exact) mass is 433 g/mol. The standard InChI is InChI=1S/C21H27N3O5S/c1-29-18(26)16-13-8-4-5-9-14(13)30-17(16)22-15(25)12-24-19(27)21(23-20(24)28)10-6-2-3-7-11-21/h2-12H2,1H3,(H,22,25)(H,23,28). The molecule has 1 aromatic rings. The summed E-state index contributed by atoms with van der Waals surface area (Å²) in [5.41, 5.74) is 0.483. The molecule has 4 amide bonds. The van der Waals surface area contributed by atoms with E-state index in [1.807, 2.05) is 0 Å². The third-order valence-corrected chi connectivity index (χ3v) is 7.53. The normalized spacial score (nSPS) is 20.5. The zero-order valence-electron chi connectivity index (χ0n) is 17.2. The number of hydrogen-bond donors (Lipinski definition) is 2. The highest BCUT2D eigenvalue weighted by Gasteiger charge is 2.51. The van der Waals surface area contributed by atoms with Crippen LogP contribution in [0.15, 0.2) is 0 Å². The van der Waals surface area contributed by atoms with E-state index in [-0.39, 0.29) is 12.5 Å². The van der Waals surface area contributed by atoms with Gasteiger partial charge >= 0.3 is 12.0 Å². The molecule has 1 aromatic heterocycles. The van der Waals surface area contributed by atoms with E-state index in [4.69, 9.17) is 4.74 Å². The third-order valence-electron chi connectivity index (χ3n) is 6.32. The van der Waals surface area contributed by atoms with Crippen molar-refractivity contribution in [2.45, 2.75) is 69.7 Å². The van der Waals surface area contributed by atoms with Gasteiger partial charge in [0.15, 0.2) is 0 Å². The predicted molar refractivity (Wildman–Crippen MR) is 112 cm³/mol. The topological polar surface area (TPSA) is 105 Å². The van der Waals surface area contributed by atoms with Gasteiger partial charge < -0.3 is 15.4 Å². The molecule has 0 atom stereocenters. The second-order valence-electron chi connectivity index (χ2n) is 8.27. The number of thiophene rings is 1. The molecule has 0 aromatic carbocycles. The number of nitrogens with one attached hydrogen (secondary N) is 2. The van der Waals surface area contributed by atoms with Gasteiger partial charge in [0.1, 0.15) is 17.1 Å². The molecule has 2 N–H and O–H groups in total. The number of hydrogen-bond acceptors (Lipinski definition) is 6. The van der Waals surface area contributed by atoms with Crippen molar-refractivity contribution in [3.05, 3.63) is 16.0 Å². The summed E-state index contributed by atoms with van der Waals surface area (Å²) in [5, 5.41) is 6.04. The van der Waals surface area contributed by atoms with Crippen molar-refractivity contribution in [3.8, 4) is 0 Å². The van der Waals surface area contributed by atoms with E-state index in [9.17, 15) is 19.2 Å². The number of nitrogens with zero attached hydrogens (tertiary/aromatic N) is 1. The van der Waals surface area contributed by atoms with Crippen LogP contribution in [-0.4, -0.2) is 47.9 Å². The van der Waals surface area contributed by atoms with Crippen LogP contribution in [0.5, 0.6) is 0 Å². The molecule has 3 aliphatic rings. The molecule has 2 fully saturated rings. The van der Waals surface area contributed by atoms with E-state index in [0.717, 1.165) is 66.7 Å². The predicted octanol–water partition coefficient (Wildman–Crippen LogP) is 3.00. The highest BCUT2D eigenvalue weighted by molar-refractivity contribution is 7.17. The van der Waals surface area contributed by atoms with E-state index in [0.29, 0.717) is 23.4 Å². The van der Waals surface area contributed by atoms with Crippen LogP contribution >= 0.6 is 11.3 Å². The lowest BCUT2D eigenvalue weighted by molar-refractivity contribution is -0.134. The summed E-state index contributed by atoms with van der Waals surface area (Å²) < 4.78 is 4.93. The number of carbonyl (C=O) groups excluding carboxylic acids is 4. The number of carbonyl (C=O) groups is 4. The van der Waals surface area contributed by atoms with Gasteiger partial charge in [-0.15, -0.1) is 11.3 Å². The fourth-order valence-electron chi connectivity index (χ4n) is 4.77. The number of ether oxygens (including phenoxy) is 1. The van der Waals surface area contributed by atoms with Crippen molar-refractivity contribution >= 4 is 40.2 Å². The van der Waals surface area contributed by atoms with Crippen LogP contribution in [0.4, 0.5) is 9.80 Å². The van der Waals surface area contributed by atoms with Gasteiger partial charge in [-0.1, -0.05) is 25.7 Å². The SMILES string of the molecule is COC(=O)c1c(NC(=O)CN2C(=O)NC3(CCCCCC3)C2=O)sc2c1CCCC2.